The Hall–Kier alpha value is -2.02. The number of hydrogen-bond donors (Lipinski definition) is 1. The van der Waals surface area contributed by atoms with Crippen LogP contribution in [0.3, 0.4) is 0 Å². The van der Waals surface area contributed by atoms with Crippen molar-refractivity contribution in [2.75, 3.05) is 54.6 Å². The molecule has 0 aliphatic carbocycles. The highest BCUT2D eigenvalue weighted by molar-refractivity contribution is 6.60. The summed E-state index contributed by atoms with van der Waals surface area (Å²) < 4.78 is 16.2. The Kier molecular flexibility index (Phi) is 13.5. The minimum Gasteiger partial charge on any atom is -0.377 e. The lowest BCUT2D eigenvalue weighted by Gasteiger charge is -2.34. The molecule has 11 nitrogen and oxygen atoms in total. The van der Waals surface area contributed by atoms with Crippen molar-refractivity contribution in [3.8, 4) is 0 Å². The molecule has 0 bridgehead atoms. The molecule has 1 N–H and O–H groups in total. The van der Waals surface area contributed by atoms with Crippen molar-refractivity contribution in [3.05, 3.63) is 0 Å². The Morgan fingerprint density at radius 2 is 1.48 bits per heavy atom. The molecular formula is C28H52N4O7Si. The number of amides is 4. The largest absolute Gasteiger partial charge is 0.500 e. The lowest BCUT2D eigenvalue weighted by Crippen LogP contribution is -2.54. The highest BCUT2D eigenvalue weighted by atomic mass is 28.4. The third-order valence-electron chi connectivity index (χ3n) is 7.95. The molecule has 2 atom stereocenters. The highest BCUT2D eigenvalue weighted by Crippen LogP contribution is 2.29. The number of rotatable bonds is 15. The molecule has 0 radical (unpaired) electrons. The molecule has 2 rings (SSSR count). The number of unbranched alkanes of at least 4 members (excludes halogenated alkanes) is 2. The molecule has 230 valence electrons. The molecule has 0 aromatic carbocycles. The van der Waals surface area contributed by atoms with Crippen molar-refractivity contribution in [1.82, 2.24) is 20.0 Å². The maximum Gasteiger partial charge on any atom is 0.500 e. The van der Waals surface area contributed by atoms with Crippen LogP contribution in [-0.4, -0.2) is 114 Å². The smallest absolute Gasteiger partial charge is 0.377 e. The highest BCUT2D eigenvalue weighted by Gasteiger charge is 2.44. The van der Waals surface area contributed by atoms with Crippen LogP contribution in [0.5, 0.6) is 0 Å². The molecule has 0 saturated carbocycles. The Balaban J connectivity index is 1.72. The zero-order valence-corrected chi connectivity index (χ0v) is 26.8. The van der Waals surface area contributed by atoms with Gasteiger partial charge in [-0.25, -0.2) is 0 Å². The van der Waals surface area contributed by atoms with Gasteiger partial charge in [-0.1, -0.05) is 27.2 Å². The molecule has 2 saturated heterocycles. The first kappa shape index (κ1) is 34.2. The summed E-state index contributed by atoms with van der Waals surface area (Å²) in [5.74, 6) is -0.138. The van der Waals surface area contributed by atoms with Crippen LogP contribution in [0.2, 0.25) is 6.04 Å². The maximum absolute atomic E-state index is 13.5. The van der Waals surface area contributed by atoms with E-state index in [1.54, 1.807) is 43.1 Å². The average Bonchev–Trinajstić information content (AvgIpc) is 3.62. The van der Waals surface area contributed by atoms with Gasteiger partial charge in [-0.3, -0.25) is 19.2 Å². The molecule has 0 unspecified atom stereocenters. The van der Waals surface area contributed by atoms with Gasteiger partial charge in [0.2, 0.25) is 23.6 Å². The standard InChI is InChI=1S/C28H52N4O7Si/c1-28(2,3)27(36)32-20-12-15-23(32)26(35)31-19-11-14-22(31)25(34)30(4)18-10-8-9-16-24(33)29-17-13-21-40(37-5,38-6)39-7/h22-23H,8-21H2,1-7H3,(H,29,33)/t22-,23-/m0/s1. The van der Waals surface area contributed by atoms with Gasteiger partial charge in [0, 0.05) is 72.4 Å². The van der Waals surface area contributed by atoms with Gasteiger partial charge in [-0.2, -0.15) is 0 Å². The van der Waals surface area contributed by atoms with E-state index in [0.29, 0.717) is 57.9 Å². The van der Waals surface area contributed by atoms with Gasteiger partial charge in [-0.15, -0.1) is 0 Å². The average molecular weight is 585 g/mol. The predicted octanol–water partition coefficient (Wildman–Crippen LogP) is 2.42. The molecule has 2 heterocycles. The van der Waals surface area contributed by atoms with Crippen LogP contribution in [-0.2, 0) is 32.5 Å². The summed E-state index contributed by atoms with van der Waals surface area (Å²) in [5, 5.41) is 2.93. The van der Waals surface area contributed by atoms with Gasteiger partial charge in [0.15, 0.2) is 0 Å². The molecule has 2 fully saturated rings. The van der Waals surface area contributed by atoms with Gasteiger partial charge < -0.3 is 33.3 Å². The second kappa shape index (κ2) is 15.8. The molecule has 2 aliphatic heterocycles. The SMILES string of the molecule is CO[Si](CCCNC(=O)CCCCCN(C)C(=O)[C@@H]1CCCN1C(=O)[C@@H]1CCCN1C(=O)C(C)(C)C)(OC)OC. The third kappa shape index (κ3) is 9.25. The van der Waals surface area contributed by atoms with Crippen LogP contribution < -0.4 is 5.32 Å². The normalized spacial score (nSPS) is 19.7. The number of carbonyl (C=O) groups is 4. The maximum atomic E-state index is 13.5. The Bertz CT molecular complexity index is 854. The number of likely N-dealkylation sites (N-methyl/N-ethyl adjacent to an activating group) is 1. The van der Waals surface area contributed by atoms with E-state index < -0.39 is 26.3 Å². The molecule has 4 amide bonds. The second-order valence-corrected chi connectivity index (χ2v) is 15.0. The number of nitrogens with one attached hydrogen (secondary N) is 1. The summed E-state index contributed by atoms with van der Waals surface area (Å²) in [6.45, 7) is 7.89. The van der Waals surface area contributed by atoms with E-state index in [-0.39, 0.29) is 23.6 Å². The van der Waals surface area contributed by atoms with E-state index in [1.807, 2.05) is 20.8 Å². The van der Waals surface area contributed by atoms with Crippen molar-refractivity contribution in [2.24, 2.45) is 5.41 Å². The molecule has 2 aliphatic rings. The minimum absolute atomic E-state index is 0.00922. The van der Waals surface area contributed by atoms with E-state index >= 15 is 0 Å². The number of carbonyl (C=O) groups excluding carboxylic acids is 4. The Labute approximate surface area is 241 Å². The first-order valence-corrected chi connectivity index (χ1v) is 16.6. The van der Waals surface area contributed by atoms with E-state index in [4.69, 9.17) is 13.3 Å². The Morgan fingerprint density at radius 3 is 2.08 bits per heavy atom. The van der Waals surface area contributed by atoms with Crippen LogP contribution in [0.25, 0.3) is 0 Å². The van der Waals surface area contributed by atoms with E-state index in [1.165, 1.54) is 0 Å². The molecule has 0 aromatic rings. The third-order valence-corrected chi connectivity index (χ3v) is 10.8. The zero-order chi connectivity index (χ0) is 29.9. The topological polar surface area (TPSA) is 118 Å². The van der Waals surface area contributed by atoms with Crippen LogP contribution in [0, 0.1) is 5.41 Å². The summed E-state index contributed by atoms with van der Waals surface area (Å²) in [4.78, 5) is 57.0. The van der Waals surface area contributed by atoms with Crippen molar-refractivity contribution in [3.63, 3.8) is 0 Å². The fourth-order valence-electron chi connectivity index (χ4n) is 5.53. The van der Waals surface area contributed by atoms with Gasteiger partial charge in [-0.05, 0) is 44.9 Å². The van der Waals surface area contributed by atoms with Gasteiger partial charge in [0.25, 0.3) is 0 Å². The molecular weight excluding hydrogens is 532 g/mol. The quantitative estimate of drug-likeness (QED) is 0.232. The van der Waals surface area contributed by atoms with Crippen molar-refractivity contribution in [1.29, 1.82) is 0 Å². The summed E-state index contributed by atoms with van der Waals surface area (Å²) >= 11 is 0. The zero-order valence-electron chi connectivity index (χ0n) is 25.8. The van der Waals surface area contributed by atoms with Gasteiger partial charge in [0.05, 0.1) is 0 Å². The van der Waals surface area contributed by atoms with Crippen molar-refractivity contribution >= 4 is 32.4 Å². The molecule has 12 heteroatoms. The lowest BCUT2D eigenvalue weighted by atomic mass is 9.94. The molecule has 0 spiro atoms. The number of nitrogens with zero attached hydrogens (tertiary/aromatic N) is 3. The molecule has 0 aromatic heterocycles. The predicted molar refractivity (Wildman–Crippen MR) is 154 cm³/mol. The summed E-state index contributed by atoms with van der Waals surface area (Å²) in [6, 6.07) is -0.303. The number of hydrogen-bond acceptors (Lipinski definition) is 7. The van der Waals surface area contributed by atoms with Gasteiger partial charge in [0.1, 0.15) is 12.1 Å². The van der Waals surface area contributed by atoms with Crippen molar-refractivity contribution < 1.29 is 32.5 Å². The summed E-state index contributed by atoms with van der Waals surface area (Å²) in [5.41, 5.74) is -0.545. The van der Waals surface area contributed by atoms with Gasteiger partial charge >= 0.3 is 8.80 Å². The van der Waals surface area contributed by atoms with Crippen LogP contribution >= 0.6 is 0 Å². The monoisotopic (exact) mass is 584 g/mol. The van der Waals surface area contributed by atoms with Crippen molar-refractivity contribution in [2.45, 2.75) is 96.7 Å². The lowest BCUT2D eigenvalue weighted by molar-refractivity contribution is -0.151. The minimum atomic E-state index is -2.61. The summed E-state index contributed by atoms with van der Waals surface area (Å²) in [6.07, 6.45) is 6.41. The second-order valence-electron chi connectivity index (χ2n) is 11.9. The Morgan fingerprint density at radius 1 is 0.875 bits per heavy atom. The first-order valence-electron chi connectivity index (χ1n) is 14.7. The number of likely N-dealkylation sites (tertiary alicyclic amines) is 2. The first-order chi connectivity index (χ1) is 18.9. The fraction of sp³-hybridized carbons (Fsp3) is 0.857. The van der Waals surface area contributed by atoms with Crippen LogP contribution in [0.15, 0.2) is 0 Å². The fourth-order valence-corrected chi connectivity index (χ4v) is 7.25. The molecule has 40 heavy (non-hydrogen) atoms. The van der Waals surface area contributed by atoms with E-state index in [0.717, 1.165) is 32.1 Å². The van der Waals surface area contributed by atoms with E-state index in [9.17, 15) is 19.2 Å². The summed E-state index contributed by atoms with van der Waals surface area (Å²) in [7, 11) is 3.90. The van der Waals surface area contributed by atoms with E-state index in [2.05, 4.69) is 5.32 Å². The van der Waals surface area contributed by atoms with Crippen LogP contribution in [0.4, 0.5) is 0 Å². The van der Waals surface area contributed by atoms with Crippen LogP contribution in [0.1, 0.15) is 78.6 Å².